The number of nitrogens with one attached hydrogen (secondary N) is 1. The van der Waals surface area contributed by atoms with Crippen molar-refractivity contribution in [2.24, 2.45) is 0 Å². The molecule has 0 atom stereocenters. The van der Waals surface area contributed by atoms with Crippen molar-refractivity contribution in [1.29, 1.82) is 0 Å². The number of nitrogens with zero attached hydrogens (tertiary/aromatic N) is 6. The molecule has 0 spiro atoms. The number of urea groups is 1. The molecular weight excluding hydrogens is 424 g/mol. The summed E-state index contributed by atoms with van der Waals surface area (Å²) in [5.41, 5.74) is 1.42. The summed E-state index contributed by atoms with van der Waals surface area (Å²) < 4.78 is 25.2. The van der Waals surface area contributed by atoms with Gasteiger partial charge in [-0.1, -0.05) is 11.3 Å². The number of hydrogen-bond acceptors (Lipinski definition) is 7. The van der Waals surface area contributed by atoms with E-state index in [1.165, 1.54) is 11.3 Å². The summed E-state index contributed by atoms with van der Waals surface area (Å²) in [4.78, 5) is 25.0. The van der Waals surface area contributed by atoms with Crippen LogP contribution < -0.4 is 5.32 Å². The van der Waals surface area contributed by atoms with E-state index in [0.29, 0.717) is 37.3 Å². The van der Waals surface area contributed by atoms with Gasteiger partial charge < -0.3 is 4.90 Å². The van der Waals surface area contributed by atoms with Crippen LogP contribution in [0.15, 0.2) is 24.4 Å². The molecule has 11 heteroatoms. The second-order valence-corrected chi connectivity index (χ2v) is 8.75. The van der Waals surface area contributed by atoms with Crippen molar-refractivity contribution >= 4 is 34.1 Å². The van der Waals surface area contributed by atoms with Gasteiger partial charge in [0.05, 0.1) is 12.1 Å². The third-order valence-electron chi connectivity index (χ3n) is 5.35. The van der Waals surface area contributed by atoms with E-state index < -0.39 is 6.43 Å². The summed E-state index contributed by atoms with van der Waals surface area (Å²) >= 11 is 1.47. The molecule has 31 heavy (non-hydrogen) atoms. The van der Waals surface area contributed by atoms with Crippen molar-refractivity contribution < 1.29 is 13.6 Å². The molecule has 0 saturated carbocycles. The Balaban J connectivity index is 1.41. The second-order valence-electron chi connectivity index (χ2n) is 7.56. The molecule has 1 N–H and O–H groups in total. The van der Waals surface area contributed by atoms with Gasteiger partial charge in [-0.05, 0) is 38.9 Å². The molecule has 0 aromatic carbocycles. The fourth-order valence-electron chi connectivity index (χ4n) is 3.67. The molecule has 3 aromatic heterocycles. The molecule has 1 aliphatic rings. The van der Waals surface area contributed by atoms with Crippen LogP contribution in [0, 0.1) is 6.92 Å². The maximum atomic E-state index is 12.7. The quantitative estimate of drug-likeness (QED) is 0.643. The fourth-order valence-corrected chi connectivity index (χ4v) is 4.33. The largest absolute Gasteiger partial charge is 0.324 e. The third kappa shape index (κ3) is 5.10. The number of aryl methyl sites for hydroxylation is 1. The van der Waals surface area contributed by atoms with Crippen LogP contribution in [0.4, 0.5) is 19.4 Å². The number of likely N-dealkylation sites (tertiary alicyclic amines) is 1. The zero-order valence-corrected chi connectivity index (χ0v) is 18.1. The van der Waals surface area contributed by atoms with Crippen LogP contribution in [-0.4, -0.2) is 75.1 Å². The SMILES string of the molecule is Cc1nnc(-c2ccc3cnc(NC(=O)N4CCC(N(C)CC(F)F)CC4)cc3n2)s1. The Morgan fingerprint density at radius 1 is 1.32 bits per heavy atom. The van der Waals surface area contributed by atoms with Crippen LogP contribution >= 0.6 is 11.3 Å². The van der Waals surface area contributed by atoms with Crippen molar-refractivity contribution in [1.82, 2.24) is 30.0 Å². The van der Waals surface area contributed by atoms with Gasteiger partial charge in [0.2, 0.25) is 0 Å². The highest BCUT2D eigenvalue weighted by atomic mass is 32.1. The average molecular weight is 448 g/mol. The lowest BCUT2D eigenvalue weighted by Gasteiger charge is -2.36. The summed E-state index contributed by atoms with van der Waals surface area (Å²) in [7, 11) is 1.70. The monoisotopic (exact) mass is 447 g/mol. The predicted molar refractivity (Wildman–Crippen MR) is 115 cm³/mol. The summed E-state index contributed by atoms with van der Waals surface area (Å²) in [6, 6.07) is 5.32. The van der Waals surface area contributed by atoms with Crippen molar-refractivity contribution in [3.8, 4) is 10.7 Å². The number of anilines is 1. The van der Waals surface area contributed by atoms with E-state index in [2.05, 4.69) is 25.5 Å². The number of hydrogen-bond donors (Lipinski definition) is 1. The molecule has 2 amide bonds. The number of rotatable bonds is 5. The summed E-state index contributed by atoms with van der Waals surface area (Å²) in [5, 5.41) is 13.4. The number of carbonyl (C=O) groups is 1. The minimum Gasteiger partial charge on any atom is -0.324 e. The van der Waals surface area contributed by atoms with Gasteiger partial charge in [0.15, 0.2) is 5.01 Å². The first kappa shape index (κ1) is 21.4. The van der Waals surface area contributed by atoms with Gasteiger partial charge in [-0.15, -0.1) is 10.2 Å². The van der Waals surface area contributed by atoms with Crippen LogP contribution in [-0.2, 0) is 0 Å². The molecule has 164 valence electrons. The standard InChI is InChI=1S/C20H23F2N7OS/c1-12-26-27-19(31-12)15-4-3-13-10-23-18(9-16(13)24-15)25-20(30)29-7-5-14(6-8-29)28(2)11-17(21)22/h3-4,9-10,14,17H,5-8,11H2,1-2H3,(H,23,25,30). The van der Waals surface area contributed by atoms with Crippen LogP contribution in [0.25, 0.3) is 21.6 Å². The fraction of sp³-hybridized carbons (Fsp3) is 0.450. The third-order valence-corrected chi connectivity index (χ3v) is 6.22. The smallest absolute Gasteiger partial charge is 0.323 e. The van der Waals surface area contributed by atoms with Crippen LogP contribution in [0.5, 0.6) is 0 Å². The van der Waals surface area contributed by atoms with Gasteiger partial charge in [0.1, 0.15) is 16.5 Å². The molecule has 1 aliphatic heterocycles. The van der Waals surface area contributed by atoms with Gasteiger partial charge in [-0.2, -0.15) is 0 Å². The second kappa shape index (κ2) is 9.15. The Labute approximate surface area is 182 Å². The van der Waals surface area contributed by atoms with E-state index in [-0.39, 0.29) is 18.6 Å². The predicted octanol–water partition coefficient (Wildman–Crippen LogP) is 3.65. The molecule has 0 radical (unpaired) electrons. The Bertz CT molecular complexity index is 1070. The number of fused-ring (bicyclic) bond motifs is 1. The normalized spacial score (nSPS) is 15.2. The van der Waals surface area contributed by atoms with Crippen molar-refractivity contribution in [2.75, 3.05) is 32.0 Å². The Kier molecular flexibility index (Phi) is 6.33. The molecule has 1 saturated heterocycles. The first-order chi connectivity index (χ1) is 14.9. The van der Waals surface area contributed by atoms with E-state index >= 15 is 0 Å². The number of pyridine rings is 2. The minimum absolute atomic E-state index is 0.0588. The van der Waals surface area contributed by atoms with E-state index in [1.807, 2.05) is 19.1 Å². The van der Waals surface area contributed by atoms with E-state index in [0.717, 1.165) is 21.1 Å². The molecule has 0 unspecified atom stereocenters. The van der Waals surface area contributed by atoms with E-state index in [1.54, 1.807) is 29.1 Å². The highest BCUT2D eigenvalue weighted by Crippen LogP contribution is 2.25. The highest BCUT2D eigenvalue weighted by Gasteiger charge is 2.26. The lowest BCUT2D eigenvalue weighted by atomic mass is 10.0. The topological polar surface area (TPSA) is 87.1 Å². The molecule has 0 aliphatic carbocycles. The summed E-state index contributed by atoms with van der Waals surface area (Å²) in [6.07, 6.45) is 0.635. The number of amides is 2. The number of alkyl halides is 2. The number of halogens is 2. The highest BCUT2D eigenvalue weighted by molar-refractivity contribution is 7.14. The summed E-state index contributed by atoms with van der Waals surface area (Å²) in [6.45, 7) is 2.66. The minimum atomic E-state index is -2.35. The summed E-state index contributed by atoms with van der Waals surface area (Å²) in [5.74, 6) is 0.410. The lowest BCUT2D eigenvalue weighted by Crippen LogP contribution is -2.47. The number of piperidine rings is 1. The molecule has 4 rings (SSSR count). The van der Waals surface area contributed by atoms with Gasteiger partial charge in [-0.25, -0.2) is 23.5 Å². The number of carbonyl (C=O) groups excluding carboxylic acids is 1. The van der Waals surface area contributed by atoms with Crippen molar-refractivity contribution in [3.63, 3.8) is 0 Å². The lowest BCUT2D eigenvalue weighted by molar-refractivity contribution is 0.0628. The van der Waals surface area contributed by atoms with Crippen molar-refractivity contribution in [2.45, 2.75) is 32.2 Å². The Hall–Kier alpha value is -2.79. The maximum absolute atomic E-state index is 12.7. The zero-order chi connectivity index (χ0) is 22.0. The van der Waals surface area contributed by atoms with Gasteiger partial charge in [0.25, 0.3) is 6.43 Å². The first-order valence-electron chi connectivity index (χ1n) is 10.0. The Morgan fingerprint density at radius 3 is 2.77 bits per heavy atom. The average Bonchev–Trinajstić information content (AvgIpc) is 3.19. The van der Waals surface area contributed by atoms with Crippen LogP contribution in [0.2, 0.25) is 0 Å². The van der Waals surface area contributed by atoms with Crippen LogP contribution in [0.1, 0.15) is 17.8 Å². The maximum Gasteiger partial charge on any atom is 0.323 e. The van der Waals surface area contributed by atoms with Crippen LogP contribution in [0.3, 0.4) is 0 Å². The molecular formula is C20H23F2N7OS. The first-order valence-corrected chi connectivity index (χ1v) is 10.8. The zero-order valence-electron chi connectivity index (χ0n) is 17.3. The molecule has 8 nitrogen and oxygen atoms in total. The van der Waals surface area contributed by atoms with E-state index in [9.17, 15) is 13.6 Å². The molecule has 3 aromatic rings. The van der Waals surface area contributed by atoms with Gasteiger partial charge >= 0.3 is 6.03 Å². The molecule has 4 heterocycles. The molecule has 1 fully saturated rings. The van der Waals surface area contributed by atoms with Gasteiger partial charge in [-0.3, -0.25) is 10.2 Å². The Morgan fingerprint density at radius 2 is 2.10 bits per heavy atom. The van der Waals surface area contributed by atoms with E-state index in [4.69, 9.17) is 0 Å². The molecule has 0 bridgehead atoms. The van der Waals surface area contributed by atoms with Gasteiger partial charge in [0, 0.05) is 36.8 Å². The number of aromatic nitrogens is 4. The van der Waals surface area contributed by atoms with Crippen molar-refractivity contribution in [3.05, 3.63) is 29.4 Å².